The highest BCUT2D eigenvalue weighted by molar-refractivity contribution is 5.93. The smallest absolute Gasteiger partial charge is 0.271 e. The lowest BCUT2D eigenvalue weighted by Gasteiger charge is -2.05. The van der Waals surface area contributed by atoms with Crippen LogP contribution >= 0.6 is 0 Å². The van der Waals surface area contributed by atoms with E-state index in [2.05, 4.69) is 24.3 Å². The van der Waals surface area contributed by atoms with E-state index in [9.17, 15) is 4.79 Å². The SMILES string of the molecule is CC(C)CCNC(=O)c1cc(-c2ccccc2)n(C)n1. The fraction of sp³-hybridized carbons (Fsp3) is 0.375. The Kier molecular flexibility index (Phi) is 4.56. The average Bonchev–Trinajstić information content (AvgIpc) is 2.81. The molecular formula is C16H21N3O. The van der Waals surface area contributed by atoms with Crippen molar-refractivity contribution in [3.63, 3.8) is 0 Å². The van der Waals surface area contributed by atoms with Gasteiger partial charge >= 0.3 is 0 Å². The van der Waals surface area contributed by atoms with Gasteiger partial charge in [-0.2, -0.15) is 5.10 Å². The second-order valence-electron chi connectivity index (χ2n) is 5.34. The van der Waals surface area contributed by atoms with E-state index in [-0.39, 0.29) is 5.91 Å². The molecular weight excluding hydrogens is 250 g/mol. The number of rotatable bonds is 5. The number of aryl methyl sites for hydroxylation is 1. The van der Waals surface area contributed by atoms with Gasteiger partial charge < -0.3 is 5.32 Å². The van der Waals surface area contributed by atoms with Crippen molar-refractivity contribution in [2.45, 2.75) is 20.3 Å². The van der Waals surface area contributed by atoms with E-state index in [1.807, 2.05) is 43.4 Å². The predicted molar refractivity (Wildman–Crippen MR) is 80.4 cm³/mol. The molecule has 1 aromatic heterocycles. The lowest BCUT2D eigenvalue weighted by Crippen LogP contribution is -2.25. The first-order chi connectivity index (χ1) is 9.58. The van der Waals surface area contributed by atoms with Crippen LogP contribution in [0.25, 0.3) is 11.3 Å². The third-order valence-electron chi connectivity index (χ3n) is 3.19. The Morgan fingerprint density at radius 3 is 2.65 bits per heavy atom. The molecule has 0 unspecified atom stereocenters. The maximum Gasteiger partial charge on any atom is 0.271 e. The third-order valence-corrected chi connectivity index (χ3v) is 3.19. The highest BCUT2D eigenvalue weighted by Gasteiger charge is 2.13. The number of hydrogen-bond donors (Lipinski definition) is 1. The van der Waals surface area contributed by atoms with Gasteiger partial charge in [-0.3, -0.25) is 9.48 Å². The van der Waals surface area contributed by atoms with Crippen molar-refractivity contribution < 1.29 is 4.79 Å². The maximum atomic E-state index is 12.0. The molecule has 106 valence electrons. The van der Waals surface area contributed by atoms with Crippen LogP contribution in [-0.2, 0) is 7.05 Å². The number of nitrogens with one attached hydrogen (secondary N) is 1. The molecule has 0 saturated heterocycles. The van der Waals surface area contributed by atoms with Crippen molar-refractivity contribution in [3.05, 3.63) is 42.1 Å². The first-order valence-electron chi connectivity index (χ1n) is 6.95. The monoisotopic (exact) mass is 271 g/mol. The van der Waals surface area contributed by atoms with Gasteiger partial charge in [0.1, 0.15) is 0 Å². The summed E-state index contributed by atoms with van der Waals surface area (Å²) in [6.45, 7) is 4.97. The Morgan fingerprint density at radius 2 is 2.00 bits per heavy atom. The molecule has 2 aromatic rings. The largest absolute Gasteiger partial charge is 0.351 e. The van der Waals surface area contributed by atoms with Crippen molar-refractivity contribution in [1.29, 1.82) is 0 Å². The zero-order valence-corrected chi connectivity index (χ0v) is 12.3. The quantitative estimate of drug-likeness (QED) is 0.909. The van der Waals surface area contributed by atoms with Crippen LogP contribution in [0.2, 0.25) is 0 Å². The summed E-state index contributed by atoms with van der Waals surface area (Å²) in [5.41, 5.74) is 2.47. The number of carbonyl (C=O) groups excluding carboxylic acids is 1. The molecule has 2 rings (SSSR count). The minimum Gasteiger partial charge on any atom is -0.351 e. The van der Waals surface area contributed by atoms with E-state index < -0.39 is 0 Å². The molecule has 4 nitrogen and oxygen atoms in total. The zero-order valence-electron chi connectivity index (χ0n) is 12.3. The second-order valence-corrected chi connectivity index (χ2v) is 5.34. The van der Waals surface area contributed by atoms with E-state index in [0.717, 1.165) is 17.7 Å². The van der Waals surface area contributed by atoms with E-state index in [0.29, 0.717) is 18.2 Å². The molecule has 1 heterocycles. The molecule has 1 amide bonds. The number of hydrogen-bond acceptors (Lipinski definition) is 2. The summed E-state index contributed by atoms with van der Waals surface area (Å²) >= 11 is 0. The summed E-state index contributed by atoms with van der Waals surface area (Å²) in [6.07, 6.45) is 0.976. The van der Waals surface area contributed by atoms with Gasteiger partial charge in [-0.25, -0.2) is 0 Å². The third kappa shape index (κ3) is 3.47. The second kappa shape index (κ2) is 6.37. The van der Waals surface area contributed by atoms with Crippen molar-refractivity contribution in [3.8, 4) is 11.3 Å². The molecule has 0 aliphatic heterocycles. The first-order valence-corrected chi connectivity index (χ1v) is 6.95. The number of carbonyl (C=O) groups is 1. The molecule has 0 saturated carbocycles. The molecule has 0 fully saturated rings. The van der Waals surface area contributed by atoms with Gasteiger partial charge in [-0.05, 0) is 24.0 Å². The summed E-state index contributed by atoms with van der Waals surface area (Å²) in [7, 11) is 1.85. The van der Waals surface area contributed by atoms with Gasteiger partial charge in [0.25, 0.3) is 5.91 Å². The number of benzene rings is 1. The molecule has 0 bridgehead atoms. The van der Waals surface area contributed by atoms with Gasteiger partial charge in [0.15, 0.2) is 5.69 Å². The van der Waals surface area contributed by atoms with E-state index in [4.69, 9.17) is 0 Å². The van der Waals surface area contributed by atoms with E-state index in [1.54, 1.807) is 4.68 Å². The molecule has 0 atom stereocenters. The van der Waals surface area contributed by atoms with Gasteiger partial charge in [-0.15, -0.1) is 0 Å². The Morgan fingerprint density at radius 1 is 1.30 bits per heavy atom. The number of nitrogens with zero attached hydrogens (tertiary/aromatic N) is 2. The lowest BCUT2D eigenvalue weighted by molar-refractivity contribution is 0.0946. The van der Waals surface area contributed by atoms with Gasteiger partial charge in [-0.1, -0.05) is 44.2 Å². The first kappa shape index (κ1) is 14.3. The number of aromatic nitrogens is 2. The lowest BCUT2D eigenvalue weighted by atomic mass is 10.1. The topological polar surface area (TPSA) is 46.9 Å². The normalized spacial score (nSPS) is 10.8. The Balaban J connectivity index is 2.09. The average molecular weight is 271 g/mol. The predicted octanol–water partition coefficient (Wildman–Crippen LogP) is 2.86. The van der Waals surface area contributed by atoms with Crippen LogP contribution in [-0.4, -0.2) is 22.2 Å². The molecule has 0 spiro atoms. The standard InChI is InChI=1S/C16H21N3O/c1-12(2)9-10-17-16(20)14-11-15(19(3)18-14)13-7-5-4-6-8-13/h4-8,11-12H,9-10H2,1-3H3,(H,17,20). The minimum absolute atomic E-state index is 0.108. The van der Waals surface area contributed by atoms with Crippen molar-refractivity contribution in [2.24, 2.45) is 13.0 Å². The van der Waals surface area contributed by atoms with Crippen molar-refractivity contribution in [1.82, 2.24) is 15.1 Å². The molecule has 0 radical (unpaired) electrons. The van der Waals surface area contributed by atoms with Gasteiger partial charge in [0.05, 0.1) is 5.69 Å². The van der Waals surface area contributed by atoms with Crippen molar-refractivity contribution >= 4 is 5.91 Å². The molecule has 1 aromatic carbocycles. The van der Waals surface area contributed by atoms with E-state index in [1.165, 1.54) is 0 Å². The fourth-order valence-corrected chi connectivity index (χ4v) is 2.02. The fourth-order valence-electron chi connectivity index (χ4n) is 2.02. The molecule has 0 aliphatic carbocycles. The molecule has 0 aliphatic rings. The minimum atomic E-state index is -0.108. The highest BCUT2D eigenvalue weighted by Crippen LogP contribution is 2.19. The van der Waals surface area contributed by atoms with Crippen LogP contribution in [0.5, 0.6) is 0 Å². The summed E-state index contributed by atoms with van der Waals surface area (Å²) in [5, 5.41) is 7.20. The zero-order chi connectivity index (χ0) is 14.5. The Labute approximate surface area is 119 Å². The maximum absolute atomic E-state index is 12.0. The molecule has 1 N–H and O–H groups in total. The van der Waals surface area contributed by atoms with Crippen molar-refractivity contribution in [2.75, 3.05) is 6.54 Å². The summed E-state index contributed by atoms with van der Waals surface area (Å²) in [5.74, 6) is 0.474. The molecule has 20 heavy (non-hydrogen) atoms. The van der Waals surface area contributed by atoms with Crippen LogP contribution in [0, 0.1) is 5.92 Å². The van der Waals surface area contributed by atoms with E-state index >= 15 is 0 Å². The van der Waals surface area contributed by atoms with Crippen LogP contribution < -0.4 is 5.32 Å². The number of amides is 1. The summed E-state index contributed by atoms with van der Waals surface area (Å²) in [4.78, 5) is 12.0. The highest BCUT2D eigenvalue weighted by atomic mass is 16.1. The molecule has 4 heteroatoms. The summed E-state index contributed by atoms with van der Waals surface area (Å²) in [6, 6.07) is 11.8. The van der Waals surface area contributed by atoms with Crippen LogP contribution in [0.1, 0.15) is 30.8 Å². The Bertz CT molecular complexity index is 573. The van der Waals surface area contributed by atoms with Crippen LogP contribution in [0.4, 0.5) is 0 Å². The van der Waals surface area contributed by atoms with Crippen LogP contribution in [0.15, 0.2) is 36.4 Å². The Hall–Kier alpha value is -2.10. The summed E-state index contributed by atoms with van der Waals surface area (Å²) < 4.78 is 1.74. The van der Waals surface area contributed by atoms with Gasteiger partial charge in [0.2, 0.25) is 0 Å². The van der Waals surface area contributed by atoms with Crippen LogP contribution in [0.3, 0.4) is 0 Å². The van der Waals surface area contributed by atoms with Gasteiger partial charge in [0, 0.05) is 13.6 Å².